The lowest BCUT2D eigenvalue weighted by Gasteiger charge is -2.04. The van der Waals surface area contributed by atoms with Crippen LogP contribution in [0.1, 0.15) is 33.6 Å². The topological polar surface area (TPSA) is 93.8 Å². The average molecular weight is 290 g/mol. The molecular weight excluding hydrogens is 272 g/mol. The zero-order chi connectivity index (χ0) is 15.6. The van der Waals surface area contributed by atoms with Gasteiger partial charge in [0.25, 0.3) is 11.8 Å². The van der Waals surface area contributed by atoms with Gasteiger partial charge in [0.2, 0.25) is 0 Å². The van der Waals surface area contributed by atoms with Crippen LogP contribution in [0.5, 0.6) is 0 Å². The number of aromatic nitrogens is 4. The predicted molar refractivity (Wildman–Crippen MR) is 77.2 cm³/mol. The zero-order valence-corrected chi connectivity index (χ0v) is 12.5. The first-order chi connectivity index (χ1) is 9.96. The van der Waals surface area contributed by atoms with Crippen molar-refractivity contribution in [2.24, 2.45) is 7.05 Å². The van der Waals surface area contributed by atoms with Crippen LogP contribution in [-0.4, -0.2) is 38.4 Å². The number of nitrogens with one attached hydrogen (secondary N) is 2. The Balaban J connectivity index is 2.30. The second-order valence-electron chi connectivity index (χ2n) is 4.57. The molecule has 2 aromatic heterocycles. The third-order valence-electron chi connectivity index (χ3n) is 3.01. The SMILES string of the molecule is CCn1cc(NC(=O)c2cc(C)nn2C)c(C(=O)NC)n1. The second kappa shape index (κ2) is 5.78. The summed E-state index contributed by atoms with van der Waals surface area (Å²) in [4.78, 5) is 24.1. The number of hydrogen-bond donors (Lipinski definition) is 2. The summed E-state index contributed by atoms with van der Waals surface area (Å²) >= 11 is 0. The van der Waals surface area contributed by atoms with Gasteiger partial charge in [-0.15, -0.1) is 0 Å². The van der Waals surface area contributed by atoms with Crippen LogP contribution in [0.25, 0.3) is 0 Å². The molecular formula is C13H18N6O2. The van der Waals surface area contributed by atoms with Gasteiger partial charge in [0.05, 0.1) is 11.4 Å². The summed E-state index contributed by atoms with van der Waals surface area (Å²) < 4.78 is 3.09. The smallest absolute Gasteiger partial charge is 0.274 e. The molecule has 8 heteroatoms. The molecule has 2 rings (SSSR count). The number of carbonyl (C=O) groups is 2. The lowest BCUT2D eigenvalue weighted by atomic mass is 10.3. The maximum atomic E-state index is 12.3. The minimum atomic E-state index is -0.348. The van der Waals surface area contributed by atoms with E-state index in [2.05, 4.69) is 20.8 Å². The molecule has 0 bridgehead atoms. The third kappa shape index (κ3) is 2.93. The van der Waals surface area contributed by atoms with Gasteiger partial charge in [-0.1, -0.05) is 0 Å². The van der Waals surface area contributed by atoms with Crippen molar-refractivity contribution in [3.8, 4) is 0 Å². The van der Waals surface area contributed by atoms with E-state index >= 15 is 0 Å². The van der Waals surface area contributed by atoms with Crippen LogP contribution >= 0.6 is 0 Å². The zero-order valence-electron chi connectivity index (χ0n) is 12.5. The second-order valence-corrected chi connectivity index (χ2v) is 4.57. The van der Waals surface area contributed by atoms with E-state index in [-0.39, 0.29) is 17.5 Å². The van der Waals surface area contributed by atoms with E-state index in [0.717, 1.165) is 5.69 Å². The number of amides is 2. The Kier molecular flexibility index (Phi) is 4.06. The maximum absolute atomic E-state index is 12.3. The van der Waals surface area contributed by atoms with Crippen molar-refractivity contribution in [1.82, 2.24) is 24.9 Å². The lowest BCUT2D eigenvalue weighted by molar-refractivity contribution is 0.0958. The largest absolute Gasteiger partial charge is 0.354 e. The Morgan fingerprint density at radius 2 is 2.00 bits per heavy atom. The van der Waals surface area contributed by atoms with Crippen molar-refractivity contribution in [2.45, 2.75) is 20.4 Å². The highest BCUT2D eigenvalue weighted by atomic mass is 16.2. The first-order valence-corrected chi connectivity index (χ1v) is 6.57. The van der Waals surface area contributed by atoms with Crippen LogP contribution in [0, 0.1) is 6.92 Å². The van der Waals surface area contributed by atoms with Gasteiger partial charge < -0.3 is 10.6 Å². The van der Waals surface area contributed by atoms with Gasteiger partial charge in [-0.25, -0.2) is 0 Å². The molecule has 0 fully saturated rings. The van der Waals surface area contributed by atoms with Crippen LogP contribution in [0.15, 0.2) is 12.3 Å². The monoisotopic (exact) mass is 290 g/mol. The standard InChI is InChI=1S/C13H18N6O2/c1-5-19-7-9(11(17-19)13(21)14-3)15-12(20)10-6-8(2)16-18(10)4/h6-7H,5H2,1-4H3,(H,14,21)(H,15,20). The Bertz CT molecular complexity index is 685. The summed E-state index contributed by atoms with van der Waals surface area (Å²) in [5.74, 6) is -0.683. The number of rotatable bonds is 4. The van der Waals surface area contributed by atoms with Crippen molar-refractivity contribution in [2.75, 3.05) is 12.4 Å². The number of aryl methyl sites for hydroxylation is 3. The number of anilines is 1. The van der Waals surface area contributed by atoms with Gasteiger partial charge in [-0.3, -0.25) is 19.0 Å². The van der Waals surface area contributed by atoms with E-state index in [1.807, 2.05) is 13.8 Å². The van der Waals surface area contributed by atoms with Gasteiger partial charge in [-0.05, 0) is 19.9 Å². The van der Waals surface area contributed by atoms with Gasteiger partial charge in [-0.2, -0.15) is 10.2 Å². The Morgan fingerprint density at radius 1 is 1.29 bits per heavy atom. The summed E-state index contributed by atoms with van der Waals surface area (Å²) in [6.07, 6.45) is 1.63. The fourth-order valence-corrected chi connectivity index (χ4v) is 1.97. The lowest BCUT2D eigenvalue weighted by Crippen LogP contribution is -2.22. The summed E-state index contributed by atoms with van der Waals surface area (Å²) in [5.41, 5.74) is 1.73. The van der Waals surface area contributed by atoms with Crippen LogP contribution in [0.3, 0.4) is 0 Å². The van der Waals surface area contributed by atoms with E-state index in [4.69, 9.17) is 0 Å². The number of carbonyl (C=O) groups excluding carboxylic acids is 2. The van der Waals surface area contributed by atoms with Crippen LogP contribution in [-0.2, 0) is 13.6 Å². The van der Waals surface area contributed by atoms with Crippen LogP contribution in [0.2, 0.25) is 0 Å². The van der Waals surface area contributed by atoms with E-state index < -0.39 is 0 Å². The minimum Gasteiger partial charge on any atom is -0.354 e. The molecule has 2 amide bonds. The molecule has 0 aliphatic carbocycles. The van der Waals surface area contributed by atoms with E-state index in [9.17, 15) is 9.59 Å². The predicted octanol–water partition coefficient (Wildman–Crippen LogP) is 0.557. The molecule has 0 aliphatic rings. The highest BCUT2D eigenvalue weighted by Crippen LogP contribution is 2.15. The van der Waals surface area contributed by atoms with E-state index in [1.54, 1.807) is 24.0 Å². The summed E-state index contributed by atoms with van der Waals surface area (Å²) in [6, 6.07) is 1.68. The summed E-state index contributed by atoms with van der Waals surface area (Å²) in [6.45, 7) is 4.31. The molecule has 0 atom stereocenters. The van der Waals surface area contributed by atoms with Crippen LogP contribution in [0.4, 0.5) is 5.69 Å². The molecule has 2 N–H and O–H groups in total. The normalized spacial score (nSPS) is 10.5. The molecule has 0 aliphatic heterocycles. The molecule has 112 valence electrons. The Morgan fingerprint density at radius 3 is 2.52 bits per heavy atom. The first kappa shape index (κ1) is 14.8. The van der Waals surface area contributed by atoms with Gasteiger partial charge in [0, 0.05) is 26.8 Å². The molecule has 8 nitrogen and oxygen atoms in total. The third-order valence-corrected chi connectivity index (χ3v) is 3.01. The molecule has 2 aromatic rings. The van der Waals surface area contributed by atoms with Gasteiger partial charge >= 0.3 is 0 Å². The molecule has 21 heavy (non-hydrogen) atoms. The minimum absolute atomic E-state index is 0.187. The number of hydrogen-bond acceptors (Lipinski definition) is 4. The van der Waals surface area contributed by atoms with Gasteiger partial charge in [0.15, 0.2) is 5.69 Å². The average Bonchev–Trinajstić information content (AvgIpc) is 3.01. The molecule has 0 radical (unpaired) electrons. The van der Waals surface area contributed by atoms with Crippen molar-refractivity contribution < 1.29 is 9.59 Å². The summed E-state index contributed by atoms with van der Waals surface area (Å²) in [7, 11) is 3.21. The number of nitrogens with zero attached hydrogens (tertiary/aromatic N) is 4. The van der Waals surface area contributed by atoms with Crippen molar-refractivity contribution >= 4 is 17.5 Å². The molecule has 0 spiro atoms. The maximum Gasteiger partial charge on any atom is 0.274 e. The highest BCUT2D eigenvalue weighted by Gasteiger charge is 2.19. The van der Waals surface area contributed by atoms with Crippen molar-refractivity contribution in [3.05, 3.63) is 29.3 Å². The quantitative estimate of drug-likeness (QED) is 0.860. The Labute approximate surface area is 122 Å². The van der Waals surface area contributed by atoms with Gasteiger partial charge in [0.1, 0.15) is 5.69 Å². The Hall–Kier alpha value is -2.64. The molecule has 0 saturated heterocycles. The van der Waals surface area contributed by atoms with E-state index in [1.165, 1.54) is 11.7 Å². The molecule has 2 heterocycles. The van der Waals surface area contributed by atoms with E-state index in [0.29, 0.717) is 17.9 Å². The first-order valence-electron chi connectivity index (χ1n) is 6.57. The molecule has 0 unspecified atom stereocenters. The fraction of sp³-hybridized carbons (Fsp3) is 0.385. The molecule has 0 aromatic carbocycles. The van der Waals surface area contributed by atoms with Crippen LogP contribution < -0.4 is 10.6 Å². The fourth-order valence-electron chi connectivity index (χ4n) is 1.97. The highest BCUT2D eigenvalue weighted by molar-refractivity contribution is 6.07. The molecule has 0 saturated carbocycles. The van der Waals surface area contributed by atoms with Crippen molar-refractivity contribution in [3.63, 3.8) is 0 Å². The summed E-state index contributed by atoms with van der Waals surface area (Å²) in [5, 5.41) is 13.5. The van der Waals surface area contributed by atoms with Crippen molar-refractivity contribution in [1.29, 1.82) is 0 Å².